The van der Waals surface area contributed by atoms with Crippen molar-refractivity contribution in [1.29, 1.82) is 0 Å². The van der Waals surface area contributed by atoms with E-state index in [0.717, 1.165) is 24.1 Å². The Morgan fingerprint density at radius 2 is 1.95 bits per heavy atom. The number of hydrogen-bond donors (Lipinski definition) is 1. The van der Waals surface area contributed by atoms with Gasteiger partial charge in [0.2, 0.25) is 6.79 Å². The minimum absolute atomic E-state index is 0.332. The summed E-state index contributed by atoms with van der Waals surface area (Å²) < 4.78 is 10.9. The van der Waals surface area contributed by atoms with Gasteiger partial charge in [-0.3, -0.25) is 4.90 Å². The van der Waals surface area contributed by atoms with Gasteiger partial charge in [-0.05, 0) is 43.5 Å². The summed E-state index contributed by atoms with van der Waals surface area (Å²) in [6, 6.07) is 7.40. The molecule has 1 aliphatic carbocycles. The van der Waals surface area contributed by atoms with Crippen molar-refractivity contribution in [3.05, 3.63) is 23.8 Å². The lowest BCUT2D eigenvalue weighted by molar-refractivity contribution is 0.174. The van der Waals surface area contributed by atoms with E-state index in [9.17, 15) is 0 Å². The number of likely N-dealkylation sites (N-methyl/N-ethyl adjacent to an activating group) is 1. The van der Waals surface area contributed by atoms with E-state index in [1.165, 1.54) is 24.9 Å². The molecule has 1 heterocycles. The topological polar surface area (TPSA) is 33.7 Å². The Morgan fingerprint density at radius 1 is 1.19 bits per heavy atom. The van der Waals surface area contributed by atoms with Gasteiger partial charge in [0.25, 0.3) is 0 Å². The second-order valence-corrected chi connectivity index (χ2v) is 6.53. The molecule has 1 aliphatic heterocycles. The highest BCUT2D eigenvalue weighted by molar-refractivity contribution is 5.45. The predicted octanol–water partition coefficient (Wildman–Crippen LogP) is 2.80. The molecule has 1 aromatic carbocycles. The second-order valence-electron chi connectivity index (χ2n) is 6.53. The van der Waals surface area contributed by atoms with Gasteiger partial charge in [-0.15, -0.1) is 0 Å². The molecule has 1 fully saturated rings. The third-order valence-corrected chi connectivity index (χ3v) is 4.23. The summed E-state index contributed by atoms with van der Waals surface area (Å²) in [7, 11) is 2.04. The van der Waals surface area contributed by atoms with Gasteiger partial charge in [-0.2, -0.15) is 0 Å². The number of benzene rings is 1. The summed E-state index contributed by atoms with van der Waals surface area (Å²) >= 11 is 0. The number of nitrogens with one attached hydrogen (secondary N) is 1. The van der Waals surface area contributed by atoms with Crippen LogP contribution in [-0.2, 0) is 0 Å². The quantitative estimate of drug-likeness (QED) is 0.837. The first-order chi connectivity index (χ1) is 10.2. The Kier molecular flexibility index (Phi) is 4.36. The molecule has 4 nitrogen and oxygen atoms in total. The molecule has 1 saturated carbocycles. The van der Waals surface area contributed by atoms with Crippen LogP contribution in [0.2, 0.25) is 0 Å². The van der Waals surface area contributed by atoms with Crippen LogP contribution in [0.25, 0.3) is 0 Å². The highest BCUT2D eigenvalue weighted by Crippen LogP contribution is 2.35. The number of nitrogens with zero attached hydrogens (tertiary/aromatic N) is 1. The Bertz CT molecular complexity index is 486. The lowest BCUT2D eigenvalue weighted by Crippen LogP contribution is -2.37. The standard InChI is InChI=1S/C17H26N2O2/c1-12(2)9-19(14-5-6-14)10-15(18-3)13-4-7-16-17(8-13)21-11-20-16/h4,7-8,12,14-15,18H,5-6,9-11H2,1-3H3. The molecule has 116 valence electrons. The summed E-state index contributed by atoms with van der Waals surface area (Å²) in [4.78, 5) is 2.64. The van der Waals surface area contributed by atoms with Crippen LogP contribution < -0.4 is 14.8 Å². The molecular weight excluding hydrogens is 264 g/mol. The van der Waals surface area contributed by atoms with Crippen molar-refractivity contribution < 1.29 is 9.47 Å². The number of hydrogen-bond acceptors (Lipinski definition) is 4. The number of ether oxygens (including phenoxy) is 2. The van der Waals surface area contributed by atoms with E-state index in [4.69, 9.17) is 9.47 Å². The summed E-state index contributed by atoms with van der Waals surface area (Å²) in [6.07, 6.45) is 2.70. The van der Waals surface area contributed by atoms with Crippen molar-refractivity contribution in [3.8, 4) is 11.5 Å². The Labute approximate surface area is 127 Å². The van der Waals surface area contributed by atoms with E-state index in [1.54, 1.807) is 0 Å². The van der Waals surface area contributed by atoms with Gasteiger partial charge in [0.1, 0.15) is 0 Å². The Balaban J connectivity index is 1.71. The van der Waals surface area contributed by atoms with Crippen LogP contribution in [-0.4, -0.2) is 37.9 Å². The highest BCUT2D eigenvalue weighted by atomic mass is 16.7. The van der Waals surface area contributed by atoms with Crippen molar-refractivity contribution >= 4 is 0 Å². The first-order valence-corrected chi connectivity index (χ1v) is 7.98. The van der Waals surface area contributed by atoms with Gasteiger partial charge in [0.05, 0.1) is 0 Å². The third-order valence-electron chi connectivity index (χ3n) is 4.23. The van der Waals surface area contributed by atoms with Crippen LogP contribution >= 0.6 is 0 Å². The maximum Gasteiger partial charge on any atom is 0.231 e. The minimum Gasteiger partial charge on any atom is -0.454 e. The van der Waals surface area contributed by atoms with E-state index >= 15 is 0 Å². The van der Waals surface area contributed by atoms with Crippen molar-refractivity contribution in [2.75, 3.05) is 26.9 Å². The molecular formula is C17H26N2O2. The average Bonchev–Trinajstić information content (AvgIpc) is 3.20. The maximum absolute atomic E-state index is 5.50. The van der Waals surface area contributed by atoms with Crippen molar-refractivity contribution in [3.63, 3.8) is 0 Å². The molecule has 2 aliphatic rings. The highest BCUT2D eigenvalue weighted by Gasteiger charge is 2.31. The van der Waals surface area contributed by atoms with E-state index in [1.807, 2.05) is 13.1 Å². The molecule has 0 saturated heterocycles. The molecule has 21 heavy (non-hydrogen) atoms. The summed E-state index contributed by atoms with van der Waals surface area (Å²) in [5, 5.41) is 3.46. The molecule has 0 amide bonds. The van der Waals surface area contributed by atoms with E-state index in [0.29, 0.717) is 18.8 Å². The lowest BCUT2D eigenvalue weighted by Gasteiger charge is -2.29. The third kappa shape index (κ3) is 3.50. The monoisotopic (exact) mass is 290 g/mol. The normalized spacial score (nSPS) is 18.5. The van der Waals surface area contributed by atoms with Gasteiger partial charge in [0.15, 0.2) is 11.5 Å². The molecule has 1 atom stereocenters. The van der Waals surface area contributed by atoms with Crippen LogP contribution in [0.4, 0.5) is 0 Å². The molecule has 0 bridgehead atoms. The lowest BCUT2D eigenvalue weighted by atomic mass is 10.0. The van der Waals surface area contributed by atoms with Crippen LogP contribution in [0, 0.1) is 5.92 Å². The van der Waals surface area contributed by atoms with Crippen LogP contribution in [0.15, 0.2) is 18.2 Å². The zero-order chi connectivity index (χ0) is 14.8. The van der Waals surface area contributed by atoms with Crippen molar-refractivity contribution in [2.24, 2.45) is 5.92 Å². The molecule has 0 radical (unpaired) electrons. The molecule has 1 unspecified atom stereocenters. The van der Waals surface area contributed by atoms with Crippen molar-refractivity contribution in [1.82, 2.24) is 10.2 Å². The SMILES string of the molecule is CNC(CN(CC(C)C)C1CC1)c1ccc2c(c1)OCO2. The molecule has 1 N–H and O–H groups in total. The first kappa shape index (κ1) is 14.7. The van der Waals surface area contributed by atoms with Gasteiger partial charge in [0, 0.05) is 25.2 Å². The van der Waals surface area contributed by atoms with Crippen LogP contribution in [0.5, 0.6) is 11.5 Å². The summed E-state index contributed by atoms with van der Waals surface area (Å²) in [5.41, 5.74) is 1.27. The van der Waals surface area contributed by atoms with Gasteiger partial charge in [-0.1, -0.05) is 19.9 Å². The molecule has 1 aromatic rings. The van der Waals surface area contributed by atoms with Gasteiger partial charge in [-0.25, -0.2) is 0 Å². The summed E-state index contributed by atoms with van der Waals surface area (Å²) in [6.45, 7) is 7.16. The van der Waals surface area contributed by atoms with Gasteiger partial charge < -0.3 is 14.8 Å². The smallest absolute Gasteiger partial charge is 0.231 e. The predicted molar refractivity (Wildman–Crippen MR) is 83.8 cm³/mol. The zero-order valence-corrected chi connectivity index (χ0v) is 13.3. The molecule has 0 aromatic heterocycles. The fourth-order valence-corrected chi connectivity index (χ4v) is 3.01. The van der Waals surface area contributed by atoms with Crippen LogP contribution in [0.3, 0.4) is 0 Å². The summed E-state index contributed by atoms with van der Waals surface area (Å²) in [5.74, 6) is 2.43. The fraction of sp³-hybridized carbons (Fsp3) is 0.647. The number of rotatable bonds is 7. The fourth-order valence-electron chi connectivity index (χ4n) is 3.01. The zero-order valence-electron chi connectivity index (χ0n) is 13.3. The van der Waals surface area contributed by atoms with E-state index in [2.05, 4.69) is 36.2 Å². The van der Waals surface area contributed by atoms with E-state index < -0.39 is 0 Å². The minimum atomic E-state index is 0.332. The largest absolute Gasteiger partial charge is 0.454 e. The van der Waals surface area contributed by atoms with Crippen molar-refractivity contribution in [2.45, 2.75) is 38.8 Å². The van der Waals surface area contributed by atoms with Crippen LogP contribution in [0.1, 0.15) is 38.3 Å². The Morgan fingerprint density at radius 3 is 2.62 bits per heavy atom. The molecule has 0 spiro atoms. The second kappa shape index (κ2) is 6.24. The Hall–Kier alpha value is -1.26. The molecule has 4 heteroatoms. The maximum atomic E-state index is 5.50. The number of fused-ring (bicyclic) bond motifs is 1. The first-order valence-electron chi connectivity index (χ1n) is 7.98. The average molecular weight is 290 g/mol. The molecule has 3 rings (SSSR count). The van der Waals surface area contributed by atoms with Gasteiger partial charge >= 0.3 is 0 Å². The van der Waals surface area contributed by atoms with E-state index in [-0.39, 0.29) is 0 Å².